The molecule has 0 amide bonds. The summed E-state index contributed by atoms with van der Waals surface area (Å²) in [5.74, 6) is -0.000679. The summed E-state index contributed by atoms with van der Waals surface area (Å²) in [7, 11) is 0. The van der Waals surface area contributed by atoms with Gasteiger partial charge in [-0.25, -0.2) is 0 Å². The number of Topliss-reactive ketones (excluding diaryl/α,β-unsaturated/α-hetero) is 1. The highest BCUT2D eigenvalue weighted by Crippen LogP contribution is 2.31. The summed E-state index contributed by atoms with van der Waals surface area (Å²) in [5.41, 5.74) is 1.43. The van der Waals surface area contributed by atoms with Crippen LogP contribution < -0.4 is 4.90 Å². The Morgan fingerprint density at radius 2 is 2.29 bits per heavy atom. The van der Waals surface area contributed by atoms with E-state index in [4.69, 9.17) is 0 Å². The van der Waals surface area contributed by atoms with Gasteiger partial charge >= 0.3 is 0 Å². The zero-order valence-electron chi connectivity index (χ0n) is 10.4. The van der Waals surface area contributed by atoms with Gasteiger partial charge in [0, 0.05) is 24.3 Å². The molecule has 1 aliphatic heterocycles. The maximum atomic E-state index is 11.2. The minimum absolute atomic E-state index is 0.0942. The third-order valence-electron chi connectivity index (χ3n) is 3.54. The van der Waals surface area contributed by atoms with Crippen LogP contribution in [0.15, 0.2) is 18.2 Å². The van der Waals surface area contributed by atoms with Crippen LogP contribution in [0.2, 0.25) is 0 Å². The van der Waals surface area contributed by atoms with E-state index in [1.54, 1.807) is 12.1 Å². The number of hydrogen-bond acceptors (Lipinski definition) is 3. The number of aromatic hydroxyl groups is 1. The van der Waals surface area contributed by atoms with Gasteiger partial charge in [0.15, 0.2) is 5.78 Å². The first-order valence-electron chi connectivity index (χ1n) is 6.24. The lowest BCUT2D eigenvalue weighted by atomic mass is 10.1. The number of phenols is 1. The number of carbonyl (C=O) groups is 1. The average Bonchev–Trinajstić information content (AvgIpc) is 2.76. The van der Waals surface area contributed by atoms with Gasteiger partial charge in [-0.3, -0.25) is 4.79 Å². The molecule has 0 spiro atoms. The topological polar surface area (TPSA) is 40.5 Å². The second kappa shape index (κ2) is 4.78. The van der Waals surface area contributed by atoms with Crippen molar-refractivity contribution in [1.82, 2.24) is 0 Å². The standard InChI is InChI=1S/C14H19NO2/c1-3-11-5-4-8-15(11)12-6-7-13(10(2)16)14(17)9-12/h6-7,9,11,17H,3-5,8H2,1-2H3. The van der Waals surface area contributed by atoms with Crippen LogP contribution in [0.5, 0.6) is 5.75 Å². The van der Waals surface area contributed by atoms with Crippen molar-refractivity contribution in [2.45, 2.75) is 39.2 Å². The molecule has 2 rings (SSSR count). The maximum absolute atomic E-state index is 11.2. The molecule has 0 aliphatic carbocycles. The summed E-state index contributed by atoms with van der Waals surface area (Å²) < 4.78 is 0. The second-order valence-corrected chi connectivity index (χ2v) is 4.66. The Balaban J connectivity index is 2.28. The van der Waals surface area contributed by atoms with Crippen LogP contribution in [-0.4, -0.2) is 23.5 Å². The predicted octanol–water partition coefficient (Wildman–Crippen LogP) is 2.97. The maximum Gasteiger partial charge on any atom is 0.163 e. The summed E-state index contributed by atoms with van der Waals surface area (Å²) in [6.07, 6.45) is 3.54. The predicted molar refractivity (Wildman–Crippen MR) is 68.8 cm³/mol. The quantitative estimate of drug-likeness (QED) is 0.816. The molecule has 1 unspecified atom stereocenters. The molecule has 92 valence electrons. The third kappa shape index (κ3) is 2.28. The SMILES string of the molecule is CCC1CCCN1c1ccc(C(C)=O)c(O)c1. The molecule has 0 saturated carbocycles. The Kier molecular flexibility index (Phi) is 3.36. The molecule has 1 aromatic carbocycles. The largest absolute Gasteiger partial charge is 0.507 e. The van der Waals surface area contributed by atoms with Gasteiger partial charge in [0.05, 0.1) is 5.56 Å². The average molecular weight is 233 g/mol. The first-order valence-corrected chi connectivity index (χ1v) is 6.24. The minimum Gasteiger partial charge on any atom is -0.507 e. The molecule has 1 aliphatic rings. The Bertz CT molecular complexity index is 428. The number of anilines is 1. The number of nitrogens with zero attached hydrogens (tertiary/aromatic N) is 1. The lowest BCUT2D eigenvalue weighted by Gasteiger charge is -2.26. The Labute approximate surface area is 102 Å². The van der Waals surface area contributed by atoms with E-state index in [0.29, 0.717) is 11.6 Å². The molecule has 1 saturated heterocycles. The van der Waals surface area contributed by atoms with Gasteiger partial charge in [0.25, 0.3) is 0 Å². The number of phenolic OH excluding ortho intramolecular Hbond substituents is 1. The molecule has 0 aromatic heterocycles. The zero-order valence-corrected chi connectivity index (χ0v) is 10.4. The van der Waals surface area contributed by atoms with Crippen LogP contribution in [0.1, 0.15) is 43.5 Å². The van der Waals surface area contributed by atoms with Gasteiger partial charge in [0.2, 0.25) is 0 Å². The van der Waals surface area contributed by atoms with Crippen molar-refractivity contribution in [2.75, 3.05) is 11.4 Å². The normalized spacial score (nSPS) is 19.6. The van der Waals surface area contributed by atoms with Crippen LogP contribution >= 0.6 is 0 Å². The monoisotopic (exact) mass is 233 g/mol. The molecule has 0 radical (unpaired) electrons. The van der Waals surface area contributed by atoms with E-state index in [0.717, 1.165) is 18.7 Å². The van der Waals surface area contributed by atoms with Crippen molar-refractivity contribution < 1.29 is 9.90 Å². The highest BCUT2D eigenvalue weighted by molar-refractivity contribution is 5.97. The number of rotatable bonds is 3. The molecule has 0 bridgehead atoms. The fraction of sp³-hybridized carbons (Fsp3) is 0.500. The lowest BCUT2D eigenvalue weighted by molar-refractivity contribution is 0.101. The van der Waals surface area contributed by atoms with Gasteiger partial charge in [-0.15, -0.1) is 0 Å². The van der Waals surface area contributed by atoms with Gasteiger partial charge in [-0.2, -0.15) is 0 Å². The van der Waals surface area contributed by atoms with Crippen LogP contribution in [-0.2, 0) is 0 Å². The van der Waals surface area contributed by atoms with E-state index in [9.17, 15) is 9.90 Å². The van der Waals surface area contributed by atoms with Crippen molar-refractivity contribution in [3.63, 3.8) is 0 Å². The molecule has 1 heterocycles. The smallest absolute Gasteiger partial charge is 0.163 e. The minimum atomic E-state index is -0.0949. The van der Waals surface area contributed by atoms with Crippen molar-refractivity contribution in [3.05, 3.63) is 23.8 Å². The summed E-state index contributed by atoms with van der Waals surface area (Å²) in [6.45, 7) is 4.70. The Morgan fingerprint density at radius 1 is 1.53 bits per heavy atom. The number of benzene rings is 1. The molecule has 1 aromatic rings. The van der Waals surface area contributed by atoms with Gasteiger partial charge in [-0.05, 0) is 38.3 Å². The van der Waals surface area contributed by atoms with E-state index >= 15 is 0 Å². The van der Waals surface area contributed by atoms with E-state index in [1.165, 1.54) is 19.8 Å². The molecule has 1 N–H and O–H groups in total. The summed E-state index contributed by atoms with van der Waals surface area (Å²) in [5, 5.41) is 9.83. The Hall–Kier alpha value is -1.51. The van der Waals surface area contributed by atoms with Crippen molar-refractivity contribution in [3.8, 4) is 5.75 Å². The molecule has 3 nitrogen and oxygen atoms in total. The fourth-order valence-electron chi connectivity index (χ4n) is 2.60. The molecule has 17 heavy (non-hydrogen) atoms. The van der Waals surface area contributed by atoms with E-state index in [-0.39, 0.29) is 11.5 Å². The van der Waals surface area contributed by atoms with Gasteiger partial charge in [-0.1, -0.05) is 6.92 Å². The highest BCUT2D eigenvalue weighted by atomic mass is 16.3. The van der Waals surface area contributed by atoms with E-state index in [1.807, 2.05) is 6.07 Å². The lowest BCUT2D eigenvalue weighted by Crippen LogP contribution is -2.28. The van der Waals surface area contributed by atoms with Crippen LogP contribution in [0.3, 0.4) is 0 Å². The highest BCUT2D eigenvalue weighted by Gasteiger charge is 2.23. The fourth-order valence-corrected chi connectivity index (χ4v) is 2.60. The van der Waals surface area contributed by atoms with Gasteiger partial charge in [0.1, 0.15) is 5.75 Å². The van der Waals surface area contributed by atoms with Crippen molar-refractivity contribution in [1.29, 1.82) is 0 Å². The Morgan fingerprint density at radius 3 is 2.88 bits per heavy atom. The first kappa shape index (κ1) is 12.0. The summed E-state index contributed by atoms with van der Waals surface area (Å²) in [4.78, 5) is 13.6. The number of ketones is 1. The number of hydrogen-bond donors (Lipinski definition) is 1. The van der Waals surface area contributed by atoms with E-state index < -0.39 is 0 Å². The summed E-state index contributed by atoms with van der Waals surface area (Å²) >= 11 is 0. The third-order valence-corrected chi connectivity index (χ3v) is 3.54. The molecule has 1 fully saturated rings. The summed E-state index contributed by atoms with van der Waals surface area (Å²) in [6, 6.07) is 5.94. The molecular formula is C14H19NO2. The molecular weight excluding hydrogens is 214 g/mol. The first-order chi connectivity index (χ1) is 8.13. The van der Waals surface area contributed by atoms with Crippen LogP contribution in [0.25, 0.3) is 0 Å². The zero-order chi connectivity index (χ0) is 12.4. The molecule has 1 atom stereocenters. The molecule has 3 heteroatoms. The second-order valence-electron chi connectivity index (χ2n) is 4.66. The van der Waals surface area contributed by atoms with Gasteiger partial charge < -0.3 is 10.0 Å². The van der Waals surface area contributed by atoms with E-state index in [2.05, 4.69) is 11.8 Å². The van der Waals surface area contributed by atoms with Crippen molar-refractivity contribution >= 4 is 11.5 Å². The van der Waals surface area contributed by atoms with Crippen molar-refractivity contribution in [2.24, 2.45) is 0 Å². The van der Waals surface area contributed by atoms with Crippen LogP contribution in [0, 0.1) is 0 Å². The van der Waals surface area contributed by atoms with Crippen LogP contribution in [0.4, 0.5) is 5.69 Å². The number of carbonyl (C=O) groups excluding carboxylic acids is 1.